The minimum Gasteiger partial charge on any atom is -0.256 e. The smallest absolute Gasteiger partial charge is 0.0704 e. The Kier molecular flexibility index (Phi) is 4.47. The summed E-state index contributed by atoms with van der Waals surface area (Å²) in [4.78, 5) is 4.71. The van der Waals surface area contributed by atoms with Crippen molar-refractivity contribution in [2.45, 2.75) is 54.9 Å². The third-order valence-corrected chi connectivity index (χ3v) is 5.23. The molecule has 0 unspecified atom stereocenters. The van der Waals surface area contributed by atoms with E-state index in [4.69, 9.17) is 4.98 Å². The molecule has 0 saturated heterocycles. The van der Waals surface area contributed by atoms with Gasteiger partial charge in [0, 0.05) is 11.8 Å². The summed E-state index contributed by atoms with van der Waals surface area (Å²) in [5.41, 5.74) is 6.74. The lowest BCUT2D eigenvalue weighted by Gasteiger charge is -2.39. The summed E-state index contributed by atoms with van der Waals surface area (Å²) in [5.74, 6) is 0. The maximum absolute atomic E-state index is 4.71. The van der Waals surface area contributed by atoms with Crippen molar-refractivity contribution >= 4 is 0 Å². The monoisotopic (exact) mass is 295 g/mol. The van der Waals surface area contributed by atoms with Gasteiger partial charge in [-0.1, -0.05) is 64.4 Å². The number of rotatable bonds is 3. The molecule has 2 rings (SSSR count). The number of pyridine rings is 1. The lowest BCUT2D eigenvalue weighted by Crippen LogP contribution is -2.32. The Morgan fingerprint density at radius 3 is 2.00 bits per heavy atom. The van der Waals surface area contributed by atoms with Crippen LogP contribution in [0.3, 0.4) is 0 Å². The summed E-state index contributed by atoms with van der Waals surface area (Å²) in [6, 6.07) is 10.8. The molecule has 0 amide bonds. The van der Waals surface area contributed by atoms with Crippen LogP contribution in [0, 0.1) is 24.7 Å². The van der Waals surface area contributed by atoms with Crippen molar-refractivity contribution in [1.82, 2.24) is 4.98 Å². The first-order chi connectivity index (χ1) is 10.1. The van der Waals surface area contributed by atoms with Crippen molar-refractivity contribution in [1.29, 1.82) is 0 Å². The molecular formula is C21H29N. The van der Waals surface area contributed by atoms with E-state index in [0.29, 0.717) is 0 Å². The Hall–Kier alpha value is -1.63. The van der Waals surface area contributed by atoms with Gasteiger partial charge in [0.15, 0.2) is 0 Å². The quantitative estimate of drug-likeness (QED) is 0.678. The highest BCUT2D eigenvalue weighted by atomic mass is 14.7. The first kappa shape index (κ1) is 16.7. The predicted molar refractivity (Wildman–Crippen MR) is 96.1 cm³/mol. The molecule has 0 atom stereocenters. The lowest BCUT2D eigenvalue weighted by atomic mass is 9.66. The summed E-state index contributed by atoms with van der Waals surface area (Å²) in [6.45, 7) is 16.0. The highest BCUT2D eigenvalue weighted by Crippen LogP contribution is 2.41. The van der Waals surface area contributed by atoms with E-state index in [1.807, 2.05) is 0 Å². The molecule has 0 N–H and O–H groups in total. The summed E-state index contributed by atoms with van der Waals surface area (Å²) in [6.07, 6.45) is 3.13. The molecule has 1 nitrogen and oxygen atoms in total. The average Bonchev–Trinajstić information content (AvgIpc) is 2.40. The Balaban J connectivity index is 2.29. The average molecular weight is 295 g/mol. The third kappa shape index (κ3) is 3.58. The summed E-state index contributed by atoms with van der Waals surface area (Å²) >= 11 is 0. The van der Waals surface area contributed by atoms with Crippen molar-refractivity contribution in [3.05, 3.63) is 53.2 Å². The van der Waals surface area contributed by atoms with Gasteiger partial charge in [-0.2, -0.15) is 0 Å². The van der Waals surface area contributed by atoms with Crippen LogP contribution in [0.1, 0.15) is 51.3 Å². The van der Waals surface area contributed by atoms with Crippen molar-refractivity contribution < 1.29 is 0 Å². The van der Waals surface area contributed by atoms with Crippen molar-refractivity contribution in [3.63, 3.8) is 0 Å². The molecule has 22 heavy (non-hydrogen) atoms. The normalized spacial score (nSPS) is 12.5. The van der Waals surface area contributed by atoms with Gasteiger partial charge < -0.3 is 0 Å². The van der Waals surface area contributed by atoms with Gasteiger partial charge in [0.1, 0.15) is 0 Å². The van der Waals surface area contributed by atoms with Crippen LogP contribution >= 0.6 is 0 Å². The molecule has 1 heteroatoms. The molecule has 0 aliphatic rings. The SMILES string of the molecule is Cc1ccc(-c2cc(C)c(CC(C)(C)C(C)(C)C)cn2)cc1. The van der Waals surface area contributed by atoms with Crippen LogP contribution in [0.4, 0.5) is 0 Å². The second-order valence-corrected chi connectivity index (χ2v) is 8.17. The number of aryl methyl sites for hydroxylation is 2. The molecule has 0 saturated carbocycles. The number of benzene rings is 1. The molecule has 0 aliphatic heterocycles. The molecular weight excluding hydrogens is 266 g/mol. The topological polar surface area (TPSA) is 12.9 Å². The maximum Gasteiger partial charge on any atom is 0.0704 e. The predicted octanol–water partition coefficient (Wildman–Crippen LogP) is 5.98. The van der Waals surface area contributed by atoms with Crippen molar-refractivity contribution in [2.75, 3.05) is 0 Å². The number of nitrogens with zero attached hydrogens (tertiary/aromatic N) is 1. The van der Waals surface area contributed by atoms with E-state index in [1.165, 1.54) is 22.3 Å². The van der Waals surface area contributed by atoms with E-state index in [9.17, 15) is 0 Å². The summed E-state index contributed by atoms with van der Waals surface area (Å²) < 4.78 is 0. The zero-order chi connectivity index (χ0) is 16.5. The zero-order valence-corrected chi connectivity index (χ0v) is 15.1. The van der Waals surface area contributed by atoms with Crippen LogP contribution in [-0.4, -0.2) is 4.98 Å². The van der Waals surface area contributed by atoms with E-state index in [1.54, 1.807) is 0 Å². The van der Waals surface area contributed by atoms with Gasteiger partial charge in [0.2, 0.25) is 0 Å². The molecule has 1 aromatic heterocycles. The Morgan fingerprint density at radius 2 is 1.50 bits per heavy atom. The third-order valence-electron chi connectivity index (χ3n) is 5.23. The van der Waals surface area contributed by atoms with Gasteiger partial charge in [0.05, 0.1) is 5.69 Å². The van der Waals surface area contributed by atoms with Crippen LogP contribution in [0.15, 0.2) is 36.5 Å². The van der Waals surface area contributed by atoms with Gasteiger partial charge in [-0.25, -0.2) is 0 Å². The molecule has 0 bridgehead atoms. The van der Waals surface area contributed by atoms with Crippen molar-refractivity contribution in [3.8, 4) is 11.3 Å². The first-order valence-corrected chi connectivity index (χ1v) is 8.13. The largest absolute Gasteiger partial charge is 0.256 e. The van der Waals surface area contributed by atoms with Crippen LogP contribution in [0.5, 0.6) is 0 Å². The fraction of sp³-hybridized carbons (Fsp3) is 0.476. The standard InChI is InChI=1S/C21H29N/c1-15-8-10-17(11-9-15)19-12-16(2)18(14-22-19)13-21(6,7)20(3,4)5/h8-12,14H,13H2,1-7H3. The second-order valence-electron chi connectivity index (χ2n) is 8.17. The molecule has 1 aromatic carbocycles. The van der Waals surface area contributed by atoms with Gasteiger partial charge >= 0.3 is 0 Å². The Labute approximate surface area is 135 Å². The fourth-order valence-corrected chi connectivity index (χ4v) is 2.39. The van der Waals surface area contributed by atoms with E-state index >= 15 is 0 Å². The molecule has 0 spiro atoms. The lowest BCUT2D eigenvalue weighted by molar-refractivity contribution is 0.132. The summed E-state index contributed by atoms with van der Waals surface area (Å²) in [5, 5.41) is 0. The highest BCUT2D eigenvalue weighted by Gasteiger charge is 2.33. The van der Waals surface area contributed by atoms with E-state index < -0.39 is 0 Å². The molecule has 2 aromatic rings. The Morgan fingerprint density at radius 1 is 0.909 bits per heavy atom. The maximum atomic E-state index is 4.71. The van der Waals surface area contributed by atoms with E-state index in [-0.39, 0.29) is 10.8 Å². The molecule has 1 heterocycles. The molecule has 0 aliphatic carbocycles. The van der Waals surface area contributed by atoms with Gasteiger partial charge in [-0.15, -0.1) is 0 Å². The van der Waals surface area contributed by atoms with Crippen molar-refractivity contribution in [2.24, 2.45) is 10.8 Å². The number of hydrogen-bond acceptors (Lipinski definition) is 1. The molecule has 0 radical (unpaired) electrons. The van der Waals surface area contributed by atoms with Crippen LogP contribution in [0.2, 0.25) is 0 Å². The molecule has 118 valence electrons. The van der Waals surface area contributed by atoms with Crippen LogP contribution < -0.4 is 0 Å². The zero-order valence-electron chi connectivity index (χ0n) is 15.1. The van der Waals surface area contributed by atoms with Crippen LogP contribution in [0.25, 0.3) is 11.3 Å². The van der Waals surface area contributed by atoms with Crippen LogP contribution in [-0.2, 0) is 6.42 Å². The summed E-state index contributed by atoms with van der Waals surface area (Å²) in [7, 11) is 0. The number of hydrogen-bond donors (Lipinski definition) is 0. The van der Waals surface area contributed by atoms with E-state index in [2.05, 4.69) is 85.0 Å². The molecule has 0 fully saturated rings. The highest BCUT2D eigenvalue weighted by molar-refractivity contribution is 5.60. The van der Waals surface area contributed by atoms with E-state index in [0.717, 1.165) is 12.1 Å². The second kappa shape index (κ2) is 5.87. The Bertz CT molecular complexity index is 643. The van der Waals surface area contributed by atoms with Gasteiger partial charge in [-0.3, -0.25) is 4.98 Å². The fourth-order valence-electron chi connectivity index (χ4n) is 2.39. The van der Waals surface area contributed by atoms with Gasteiger partial charge in [0.25, 0.3) is 0 Å². The minimum absolute atomic E-state index is 0.241. The number of aromatic nitrogens is 1. The first-order valence-electron chi connectivity index (χ1n) is 8.13. The van der Waals surface area contributed by atoms with Gasteiger partial charge in [-0.05, 0) is 48.3 Å². The minimum atomic E-state index is 0.241.